The quantitative estimate of drug-likeness (QED) is 0.581. The number of piperidine rings is 1. The Kier molecular flexibility index (Phi) is 8.10. The number of esters is 1. The van der Waals surface area contributed by atoms with E-state index in [4.69, 9.17) is 16.3 Å². The molecule has 3 rings (SSSR count). The predicted octanol–water partition coefficient (Wildman–Crippen LogP) is 4.14. The van der Waals surface area contributed by atoms with Crippen LogP contribution < -0.4 is 5.32 Å². The third kappa shape index (κ3) is 6.10. The zero-order chi connectivity index (χ0) is 24.2. The largest absolute Gasteiger partial charge is 0.462 e. The predicted molar refractivity (Wildman–Crippen MR) is 124 cm³/mol. The molecule has 2 aromatic rings. The number of hydrogen-bond acceptors (Lipinski definition) is 5. The van der Waals surface area contributed by atoms with E-state index in [0.717, 1.165) is 5.56 Å². The van der Waals surface area contributed by atoms with Crippen LogP contribution in [-0.4, -0.2) is 44.3 Å². The summed E-state index contributed by atoms with van der Waals surface area (Å²) in [5, 5.41) is 2.93. The molecule has 33 heavy (non-hydrogen) atoms. The molecule has 1 aliphatic rings. The summed E-state index contributed by atoms with van der Waals surface area (Å²) in [6, 6.07) is 8.93. The molecule has 0 saturated carbocycles. The highest BCUT2D eigenvalue weighted by Crippen LogP contribution is 2.27. The van der Waals surface area contributed by atoms with Crippen LogP contribution in [0.5, 0.6) is 0 Å². The van der Waals surface area contributed by atoms with Crippen molar-refractivity contribution in [1.82, 2.24) is 4.31 Å². The molecule has 0 unspecified atom stereocenters. The molecule has 10 heteroatoms. The van der Waals surface area contributed by atoms with Gasteiger partial charge in [0.15, 0.2) is 0 Å². The third-order valence-electron chi connectivity index (χ3n) is 5.60. The highest BCUT2D eigenvalue weighted by atomic mass is 35.5. The molecule has 178 valence electrons. The van der Waals surface area contributed by atoms with E-state index in [1.807, 2.05) is 0 Å². The number of benzene rings is 2. The average molecular weight is 497 g/mol. The standard InChI is InChI=1S/C23H26ClFN2O5S/c1-3-32-23(29)17-7-8-21(15(2)13-17)26-22(28)16-9-11-27(12-10-16)33(30,31)14-18-19(24)5-4-6-20(18)25/h4-8,13,16H,3,9-12,14H2,1-2H3,(H,26,28). The Bertz CT molecular complexity index is 1130. The van der Waals surface area contributed by atoms with Crippen molar-refractivity contribution in [2.45, 2.75) is 32.4 Å². The van der Waals surface area contributed by atoms with Crippen LogP contribution in [0, 0.1) is 18.7 Å². The summed E-state index contributed by atoms with van der Waals surface area (Å²) in [5.74, 6) is -2.19. The third-order valence-corrected chi connectivity index (χ3v) is 7.76. The van der Waals surface area contributed by atoms with E-state index < -0.39 is 27.6 Å². The molecule has 0 aliphatic carbocycles. The van der Waals surface area contributed by atoms with Crippen molar-refractivity contribution in [1.29, 1.82) is 0 Å². The van der Waals surface area contributed by atoms with Gasteiger partial charge < -0.3 is 10.1 Å². The maximum absolute atomic E-state index is 14.0. The van der Waals surface area contributed by atoms with Gasteiger partial charge in [-0.25, -0.2) is 21.9 Å². The molecule has 1 heterocycles. The van der Waals surface area contributed by atoms with Crippen molar-refractivity contribution in [3.05, 3.63) is 63.9 Å². The molecule has 1 N–H and O–H groups in total. The second kappa shape index (κ2) is 10.6. The van der Waals surface area contributed by atoms with Crippen LogP contribution in [0.3, 0.4) is 0 Å². The van der Waals surface area contributed by atoms with Gasteiger partial charge in [0, 0.05) is 35.3 Å². The fourth-order valence-electron chi connectivity index (χ4n) is 3.72. The molecule has 7 nitrogen and oxygen atoms in total. The van der Waals surface area contributed by atoms with Crippen molar-refractivity contribution in [2.24, 2.45) is 5.92 Å². The molecule has 0 spiro atoms. The minimum atomic E-state index is -3.78. The summed E-state index contributed by atoms with van der Waals surface area (Å²) in [5.41, 5.74) is 1.65. The number of rotatable bonds is 7. The Balaban J connectivity index is 1.59. The number of aryl methyl sites for hydroxylation is 1. The van der Waals surface area contributed by atoms with E-state index in [2.05, 4.69) is 5.32 Å². The van der Waals surface area contributed by atoms with Gasteiger partial charge in [0.05, 0.1) is 17.9 Å². The van der Waals surface area contributed by atoms with Gasteiger partial charge in [-0.2, -0.15) is 0 Å². The monoisotopic (exact) mass is 496 g/mol. The van der Waals surface area contributed by atoms with E-state index in [-0.39, 0.29) is 42.1 Å². The van der Waals surface area contributed by atoms with E-state index in [0.29, 0.717) is 24.1 Å². The zero-order valence-corrected chi connectivity index (χ0v) is 20.0. The van der Waals surface area contributed by atoms with Gasteiger partial charge >= 0.3 is 5.97 Å². The number of ether oxygens (including phenoxy) is 1. The van der Waals surface area contributed by atoms with Crippen LogP contribution in [0.2, 0.25) is 5.02 Å². The topological polar surface area (TPSA) is 92.8 Å². The van der Waals surface area contributed by atoms with E-state index in [1.165, 1.54) is 22.5 Å². The summed E-state index contributed by atoms with van der Waals surface area (Å²) in [6.45, 7) is 4.10. The summed E-state index contributed by atoms with van der Waals surface area (Å²) >= 11 is 5.97. The summed E-state index contributed by atoms with van der Waals surface area (Å²) in [7, 11) is -3.78. The van der Waals surface area contributed by atoms with Crippen molar-refractivity contribution in [3.63, 3.8) is 0 Å². The molecule has 0 radical (unpaired) electrons. The summed E-state index contributed by atoms with van der Waals surface area (Å²) in [4.78, 5) is 24.6. The molecule has 1 amide bonds. The molecule has 0 atom stereocenters. The Hall–Kier alpha value is -2.49. The second-order valence-electron chi connectivity index (χ2n) is 7.87. The Morgan fingerprint density at radius 1 is 1.21 bits per heavy atom. The minimum Gasteiger partial charge on any atom is -0.462 e. The number of hydrogen-bond donors (Lipinski definition) is 1. The maximum Gasteiger partial charge on any atom is 0.338 e. The molecule has 0 bridgehead atoms. The Labute approximate surface area is 197 Å². The zero-order valence-electron chi connectivity index (χ0n) is 18.4. The molecule has 2 aromatic carbocycles. The minimum absolute atomic E-state index is 0.0548. The van der Waals surface area contributed by atoms with Crippen LogP contribution in [0.1, 0.15) is 41.3 Å². The number of amides is 1. The van der Waals surface area contributed by atoms with Gasteiger partial charge in [-0.1, -0.05) is 17.7 Å². The van der Waals surface area contributed by atoms with E-state index in [9.17, 15) is 22.4 Å². The number of carbonyl (C=O) groups is 2. The fourth-order valence-corrected chi connectivity index (χ4v) is 5.64. The highest BCUT2D eigenvalue weighted by molar-refractivity contribution is 7.88. The van der Waals surface area contributed by atoms with Crippen molar-refractivity contribution in [3.8, 4) is 0 Å². The normalized spacial score (nSPS) is 15.3. The first-order chi connectivity index (χ1) is 15.6. The smallest absolute Gasteiger partial charge is 0.338 e. The van der Waals surface area contributed by atoms with Gasteiger partial charge in [0.25, 0.3) is 0 Å². The molecule has 1 aliphatic heterocycles. The summed E-state index contributed by atoms with van der Waals surface area (Å²) < 4.78 is 45.8. The van der Waals surface area contributed by atoms with Crippen LogP contribution in [0.15, 0.2) is 36.4 Å². The van der Waals surface area contributed by atoms with Gasteiger partial charge in [0.1, 0.15) is 5.82 Å². The fraction of sp³-hybridized carbons (Fsp3) is 0.391. The Morgan fingerprint density at radius 3 is 2.52 bits per heavy atom. The number of anilines is 1. The molecule has 1 saturated heterocycles. The first kappa shape index (κ1) is 25.1. The lowest BCUT2D eigenvalue weighted by molar-refractivity contribution is -0.120. The lowest BCUT2D eigenvalue weighted by Gasteiger charge is -2.30. The van der Waals surface area contributed by atoms with E-state index in [1.54, 1.807) is 32.0 Å². The Morgan fingerprint density at radius 2 is 1.91 bits per heavy atom. The van der Waals surface area contributed by atoms with Crippen LogP contribution in [-0.2, 0) is 25.3 Å². The second-order valence-corrected chi connectivity index (χ2v) is 10.2. The number of sulfonamides is 1. The van der Waals surface area contributed by atoms with Gasteiger partial charge in [0.2, 0.25) is 15.9 Å². The first-order valence-electron chi connectivity index (χ1n) is 10.6. The molecular weight excluding hydrogens is 471 g/mol. The highest BCUT2D eigenvalue weighted by Gasteiger charge is 2.32. The first-order valence-corrected chi connectivity index (χ1v) is 12.6. The van der Waals surface area contributed by atoms with E-state index >= 15 is 0 Å². The number of halogens is 2. The molecular formula is C23H26ClFN2O5S. The number of nitrogens with one attached hydrogen (secondary N) is 1. The number of nitrogens with zero attached hydrogens (tertiary/aromatic N) is 1. The number of carbonyl (C=O) groups excluding carboxylic acids is 2. The summed E-state index contributed by atoms with van der Waals surface area (Å²) in [6.07, 6.45) is 0.687. The van der Waals surface area contributed by atoms with Crippen LogP contribution in [0.4, 0.5) is 10.1 Å². The van der Waals surface area contributed by atoms with Gasteiger partial charge in [-0.15, -0.1) is 0 Å². The maximum atomic E-state index is 14.0. The molecule has 0 aromatic heterocycles. The van der Waals surface area contributed by atoms with Crippen LogP contribution >= 0.6 is 11.6 Å². The average Bonchev–Trinajstić information content (AvgIpc) is 2.78. The van der Waals surface area contributed by atoms with Crippen molar-refractivity contribution in [2.75, 3.05) is 25.0 Å². The molecule has 1 fully saturated rings. The lowest BCUT2D eigenvalue weighted by Crippen LogP contribution is -2.42. The van der Waals surface area contributed by atoms with Crippen LogP contribution in [0.25, 0.3) is 0 Å². The van der Waals surface area contributed by atoms with Gasteiger partial charge in [-0.3, -0.25) is 4.79 Å². The SMILES string of the molecule is CCOC(=O)c1ccc(NC(=O)C2CCN(S(=O)(=O)Cc3c(F)cccc3Cl)CC2)c(C)c1. The van der Waals surface area contributed by atoms with Gasteiger partial charge in [-0.05, 0) is 62.6 Å². The van der Waals surface area contributed by atoms with Crippen molar-refractivity contribution >= 4 is 39.2 Å². The lowest BCUT2D eigenvalue weighted by atomic mass is 9.97. The van der Waals surface area contributed by atoms with Crippen molar-refractivity contribution < 1.29 is 27.1 Å².